The maximum absolute atomic E-state index is 10.5. The molecule has 1 aliphatic heterocycles. The highest BCUT2D eigenvalue weighted by atomic mass is 79.9. The van der Waals surface area contributed by atoms with Crippen LogP contribution < -0.4 is 10.2 Å². The van der Waals surface area contributed by atoms with Crippen molar-refractivity contribution in [2.24, 2.45) is 0 Å². The molecule has 0 amide bonds. The lowest BCUT2D eigenvalue weighted by molar-refractivity contribution is 0.458. The first-order valence-electron chi connectivity index (χ1n) is 7.56. The van der Waals surface area contributed by atoms with Crippen molar-refractivity contribution in [2.45, 2.75) is 13.1 Å². The lowest BCUT2D eigenvalue weighted by atomic mass is 9.99. The number of hydrogen-bond acceptors (Lipinski definition) is 3. The first-order chi connectivity index (χ1) is 11.1. The predicted octanol–water partition coefficient (Wildman–Crippen LogP) is 5.18. The molecule has 3 aromatic rings. The molecule has 0 saturated heterocycles. The molecule has 1 unspecified atom stereocenters. The molecule has 4 heteroatoms. The summed E-state index contributed by atoms with van der Waals surface area (Å²) in [4.78, 5) is 2.18. The number of phenols is 1. The van der Waals surface area contributed by atoms with Gasteiger partial charge in [-0.05, 0) is 42.1 Å². The Morgan fingerprint density at radius 1 is 1.13 bits per heavy atom. The summed E-state index contributed by atoms with van der Waals surface area (Å²) in [5.41, 5.74) is 3.99. The third-order valence-corrected chi connectivity index (χ3v) is 4.99. The van der Waals surface area contributed by atoms with Crippen molar-refractivity contribution in [3.63, 3.8) is 0 Å². The van der Waals surface area contributed by atoms with E-state index in [0.717, 1.165) is 21.3 Å². The second-order valence-electron chi connectivity index (χ2n) is 6.00. The van der Waals surface area contributed by atoms with E-state index in [1.54, 1.807) is 0 Å². The van der Waals surface area contributed by atoms with Crippen LogP contribution in [0.3, 0.4) is 0 Å². The summed E-state index contributed by atoms with van der Waals surface area (Å²) in [5, 5.41) is 16.6. The number of phenolic OH excluding ortho intramolecular Hbond substituents is 1. The first kappa shape index (κ1) is 14.4. The van der Waals surface area contributed by atoms with Crippen molar-refractivity contribution < 1.29 is 5.11 Å². The molecule has 4 rings (SSSR count). The summed E-state index contributed by atoms with van der Waals surface area (Å²) in [6, 6.07) is 16.5. The van der Waals surface area contributed by atoms with Crippen LogP contribution in [0.4, 0.5) is 11.4 Å². The molecule has 1 aliphatic rings. The summed E-state index contributed by atoms with van der Waals surface area (Å²) >= 11 is 3.54. The summed E-state index contributed by atoms with van der Waals surface area (Å²) in [6.45, 7) is 1.92. The van der Waals surface area contributed by atoms with Crippen LogP contribution in [0.25, 0.3) is 10.8 Å². The van der Waals surface area contributed by atoms with Gasteiger partial charge in [0.15, 0.2) is 0 Å². The Hall–Kier alpha value is -2.20. The van der Waals surface area contributed by atoms with E-state index in [4.69, 9.17) is 0 Å². The van der Waals surface area contributed by atoms with Gasteiger partial charge in [-0.2, -0.15) is 0 Å². The SMILES string of the molecule is Cc1cc(Br)cc(C2Nc3cccc4cccc(c34)N2C)c1O. The molecular weight excluding hydrogens is 352 g/mol. The van der Waals surface area contributed by atoms with Crippen molar-refractivity contribution in [1.29, 1.82) is 0 Å². The number of hydrogen-bond donors (Lipinski definition) is 2. The van der Waals surface area contributed by atoms with Crippen molar-refractivity contribution in [1.82, 2.24) is 0 Å². The van der Waals surface area contributed by atoms with E-state index in [2.05, 4.69) is 69.6 Å². The van der Waals surface area contributed by atoms with Crippen LogP contribution in [0.1, 0.15) is 17.3 Å². The van der Waals surface area contributed by atoms with Crippen molar-refractivity contribution in [3.05, 3.63) is 64.1 Å². The Balaban J connectivity index is 1.92. The molecule has 0 spiro atoms. The van der Waals surface area contributed by atoms with E-state index < -0.39 is 0 Å². The highest BCUT2D eigenvalue weighted by molar-refractivity contribution is 9.10. The molecule has 23 heavy (non-hydrogen) atoms. The van der Waals surface area contributed by atoms with Gasteiger partial charge >= 0.3 is 0 Å². The number of aromatic hydroxyl groups is 1. The average molecular weight is 369 g/mol. The van der Waals surface area contributed by atoms with E-state index in [1.165, 1.54) is 16.5 Å². The highest BCUT2D eigenvalue weighted by Crippen LogP contribution is 2.44. The van der Waals surface area contributed by atoms with Crippen LogP contribution in [-0.4, -0.2) is 12.2 Å². The van der Waals surface area contributed by atoms with Crippen molar-refractivity contribution in [3.8, 4) is 5.75 Å². The van der Waals surface area contributed by atoms with E-state index >= 15 is 0 Å². The summed E-state index contributed by atoms with van der Waals surface area (Å²) < 4.78 is 0.968. The number of nitrogens with one attached hydrogen (secondary N) is 1. The number of benzene rings is 3. The van der Waals surface area contributed by atoms with Gasteiger partial charge in [0.2, 0.25) is 0 Å². The number of anilines is 2. The zero-order valence-electron chi connectivity index (χ0n) is 13.0. The van der Waals surface area contributed by atoms with E-state index in [0.29, 0.717) is 5.75 Å². The average Bonchev–Trinajstić information content (AvgIpc) is 2.54. The van der Waals surface area contributed by atoms with Gasteiger partial charge in [0, 0.05) is 33.8 Å². The normalized spacial score (nSPS) is 16.5. The molecule has 0 radical (unpaired) electrons. The fourth-order valence-electron chi connectivity index (χ4n) is 3.37. The molecule has 3 nitrogen and oxygen atoms in total. The second kappa shape index (κ2) is 5.17. The molecule has 116 valence electrons. The Morgan fingerprint density at radius 3 is 2.65 bits per heavy atom. The van der Waals surface area contributed by atoms with Gasteiger partial charge < -0.3 is 15.3 Å². The predicted molar refractivity (Wildman–Crippen MR) is 99.3 cm³/mol. The van der Waals surface area contributed by atoms with Crippen LogP contribution in [0.2, 0.25) is 0 Å². The Bertz CT molecular complexity index is 917. The molecular formula is C19H17BrN2O. The maximum Gasteiger partial charge on any atom is 0.129 e. The maximum atomic E-state index is 10.5. The zero-order chi connectivity index (χ0) is 16.1. The fourth-order valence-corrected chi connectivity index (χ4v) is 3.96. The minimum atomic E-state index is -0.119. The molecule has 3 aromatic carbocycles. The van der Waals surface area contributed by atoms with E-state index in [-0.39, 0.29) is 6.17 Å². The van der Waals surface area contributed by atoms with Crippen LogP contribution in [0.5, 0.6) is 5.75 Å². The third kappa shape index (κ3) is 2.17. The molecule has 0 aromatic heterocycles. The first-order valence-corrected chi connectivity index (χ1v) is 8.35. The third-order valence-electron chi connectivity index (χ3n) is 4.53. The van der Waals surface area contributed by atoms with Gasteiger partial charge in [-0.3, -0.25) is 0 Å². The smallest absolute Gasteiger partial charge is 0.129 e. The Morgan fingerprint density at radius 2 is 1.87 bits per heavy atom. The molecule has 1 atom stereocenters. The highest BCUT2D eigenvalue weighted by Gasteiger charge is 2.28. The Kier molecular flexibility index (Phi) is 3.23. The zero-order valence-corrected chi connectivity index (χ0v) is 14.6. The number of rotatable bonds is 1. The molecule has 0 bridgehead atoms. The monoisotopic (exact) mass is 368 g/mol. The van der Waals surface area contributed by atoms with Crippen LogP contribution in [-0.2, 0) is 0 Å². The van der Waals surface area contributed by atoms with Gasteiger partial charge in [0.25, 0.3) is 0 Å². The quantitative estimate of drug-likeness (QED) is 0.621. The summed E-state index contributed by atoms with van der Waals surface area (Å²) in [7, 11) is 2.05. The van der Waals surface area contributed by atoms with Crippen molar-refractivity contribution in [2.75, 3.05) is 17.3 Å². The van der Waals surface area contributed by atoms with Crippen LogP contribution >= 0.6 is 15.9 Å². The summed E-state index contributed by atoms with van der Waals surface area (Å²) in [5.74, 6) is 0.337. The minimum Gasteiger partial charge on any atom is -0.507 e. The van der Waals surface area contributed by atoms with Crippen molar-refractivity contribution >= 4 is 38.1 Å². The molecule has 0 aliphatic carbocycles. The summed E-state index contributed by atoms with van der Waals surface area (Å²) in [6.07, 6.45) is -0.119. The molecule has 0 fully saturated rings. The van der Waals surface area contributed by atoms with Gasteiger partial charge in [-0.1, -0.05) is 40.2 Å². The lowest BCUT2D eigenvalue weighted by Crippen LogP contribution is -2.33. The van der Waals surface area contributed by atoms with E-state index in [1.807, 2.05) is 19.1 Å². The minimum absolute atomic E-state index is 0.119. The van der Waals surface area contributed by atoms with Gasteiger partial charge in [0.05, 0.1) is 0 Å². The number of nitrogens with zero attached hydrogens (tertiary/aromatic N) is 1. The van der Waals surface area contributed by atoms with Gasteiger partial charge in [0.1, 0.15) is 11.9 Å². The Labute approximate surface area is 143 Å². The fraction of sp³-hybridized carbons (Fsp3) is 0.158. The largest absolute Gasteiger partial charge is 0.507 e. The molecule has 1 heterocycles. The second-order valence-corrected chi connectivity index (χ2v) is 6.91. The number of halogens is 1. The van der Waals surface area contributed by atoms with E-state index in [9.17, 15) is 5.11 Å². The van der Waals surface area contributed by atoms with Crippen LogP contribution in [0.15, 0.2) is 53.0 Å². The topological polar surface area (TPSA) is 35.5 Å². The molecule has 0 saturated carbocycles. The number of aryl methyl sites for hydroxylation is 1. The van der Waals surface area contributed by atoms with Gasteiger partial charge in [-0.15, -0.1) is 0 Å². The lowest BCUT2D eigenvalue weighted by Gasteiger charge is -2.38. The van der Waals surface area contributed by atoms with Gasteiger partial charge in [-0.25, -0.2) is 0 Å². The molecule has 2 N–H and O–H groups in total. The standard InChI is InChI=1S/C19H17BrN2O/c1-11-9-13(20)10-14(18(11)23)19-21-15-7-3-5-12-6-4-8-16(17(12)15)22(19)2/h3-10,19,21,23H,1-2H3. The van der Waals surface area contributed by atoms with Crippen LogP contribution in [0, 0.1) is 6.92 Å².